The minimum atomic E-state index is 0.0411. The zero-order valence-corrected chi connectivity index (χ0v) is 15.9. The molecule has 0 saturated carbocycles. The molecule has 1 N–H and O–H groups in total. The number of hydrogen-bond donors (Lipinski definition) is 1. The summed E-state index contributed by atoms with van der Waals surface area (Å²) in [5.74, 6) is 0.900. The molecule has 0 aromatic heterocycles. The molecule has 138 valence electrons. The second-order valence-electron chi connectivity index (χ2n) is 7.16. The first kappa shape index (κ1) is 17.8. The van der Waals surface area contributed by atoms with Gasteiger partial charge in [0.05, 0.1) is 6.61 Å². The van der Waals surface area contributed by atoms with Crippen LogP contribution in [0.1, 0.15) is 36.5 Å². The molecule has 1 aliphatic rings. The summed E-state index contributed by atoms with van der Waals surface area (Å²) in [6.45, 7) is 2.59. The van der Waals surface area contributed by atoms with Gasteiger partial charge in [-0.15, -0.1) is 0 Å². The van der Waals surface area contributed by atoms with Crippen molar-refractivity contribution in [3.8, 4) is 28.0 Å². The van der Waals surface area contributed by atoms with Crippen LogP contribution < -0.4 is 4.74 Å². The molecule has 0 atom stereocenters. The van der Waals surface area contributed by atoms with Gasteiger partial charge >= 0.3 is 0 Å². The lowest BCUT2D eigenvalue weighted by atomic mass is 9.93. The van der Waals surface area contributed by atoms with Crippen LogP contribution in [0.2, 0.25) is 0 Å². The number of benzene rings is 3. The van der Waals surface area contributed by atoms with E-state index < -0.39 is 0 Å². The third kappa shape index (κ3) is 3.50. The average Bonchev–Trinajstić information content (AvgIpc) is 3.10. The highest BCUT2D eigenvalue weighted by molar-refractivity contribution is 5.85. The number of aliphatic hydroxyl groups is 1. The van der Waals surface area contributed by atoms with Crippen LogP contribution in [0.25, 0.3) is 22.3 Å². The van der Waals surface area contributed by atoms with Crippen molar-refractivity contribution in [2.45, 2.75) is 32.6 Å². The van der Waals surface area contributed by atoms with Crippen LogP contribution in [0.15, 0.2) is 60.7 Å². The lowest BCUT2D eigenvalue weighted by Gasteiger charge is -2.15. The van der Waals surface area contributed by atoms with E-state index in [0.717, 1.165) is 31.4 Å². The SMILES string of the molecule is CCCCc1cc(-c2cccc3c2Cc2ccccc2-3)ccc1OCCO. The Morgan fingerprint density at radius 3 is 2.59 bits per heavy atom. The summed E-state index contributed by atoms with van der Waals surface area (Å²) in [7, 11) is 0. The van der Waals surface area contributed by atoms with E-state index in [2.05, 4.69) is 67.6 Å². The number of aryl methyl sites for hydroxylation is 1. The fourth-order valence-corrected chi connectivity index (χ4v) is 4.03. The summed E-state index contributed by atoms with van der Waals surface area (Å²) in [5.41, 5.74) is 9.36. The normalized spacial score (nSPS) is 11.9. The lowest BCUT2D eigenvalue weighted by molar-refractivity contribution is 0.200. The first-order valence-electron chi connectivity index (χ1n) is 9.89. The van der Waals surface area contributed by atoms with Crippen molar-refractivity contribution < 1.29 is 9.84 Å². The number of rotatable bonds is 7. The van der Waals surface area contributed by atoms with Crippen LogP contribution in [0, 0.1) is 0 Å². The van der Waals surface area contributed by atoms with Gasteiger partial charge in [-0.3, -0.25) is 0 Å². The zero-order valence-electron chi connectivity index (χ0n) is 15.9. The Morgan fingerprint density at radius 2 is 1.74 bits per heavy atom. The van der Waals surface area contributed by atoms with Gasteiger partial charge in [0.1, 0.15) is 12.4 Å². The van der Waals surface area contributed by atoms with Gasteiger partial charge in [-0.05, 0) is 70.3 Å². The summed E-state index contributed by atoms with van der Waals surface area (Å²) < 4.78 is 5.77. The van der Waals surface area contributed by atoms with Crippen molar-refractivity contribution >= 4 is 0 Å². The van der Waals surface area contributed by atoms with Crippen LogP contribution in [0.5, 0.6) is 5.75 Å². The minimum Gasteiger partial charge on any atom is -0.491 e. The standard InChI is InChI=1S/C25H26O2/c1-2-3-7-20-16-19(12-13-25(20)27-15-14-26)22-10-6-11-23-21-9-5-4-8-18(21)17-24(22)23/h4-6,8-13,16,26H,2-3,7,14-15,17H2,1H3. The fraction of sp³-hybridized carbons (Fsp3) is 0.280. The Kier molecular flexibility index (Phi) is 5.26. The number of unbranched alkanes of at least 4 members (excludes halogenated alkanes) is 1. The van der Waals surface area contributed by atoms with E-state index in [1.165, 1.54) is 38.9 Å². The Bertz CT molecular complexity index is 943. The molecule has 0 spiro atoms. The largest absolute Gasteiger partial charge is 0.491 e. The predicted molar refractivity (Wildman–Crippen MR) is 111 cm³/mol. The molecule has 0 heterocycles. The quantitative estimate of drug-likeness (QED) is 0.463. The molecule has 0 bridgehead atoms. The lowest BCUT2D eigenvalue weighted by Crippen LogP contribution is -2.04. The third-order valence-corrected chi connectivity index (χ3v) is 5.37. The second-order valence-corrected chi connectivity index (χ2v) is 7.16. The molecule has 2 nitrogen and oxygen atoms in total. The molecule has 3 aromatic carbocycles. The van der Waals surface area contributed by atoms with Gasteiger partial charge in [-0.1, -0.05) is 61.9 Å². The Balaban J connectivity index is 1.74. The molecule has 27 heavy (non-hydrogen) atoms. The van der Waals surface area contributed by atoms with Crippen molar-refractivity contribution in [1.29, 1.82) is 0 Å². The van der Waals surface area contributed by atoms with Gasteiger partial charge in [0, 0.05) is 0 Å². The third-order valence-electron chi connectivity index (χ3n) is 5.37. The molecule has 3 aromatic rings. The van der Waals surface area contributed by atoms with Crippen molar-refractivity contribution in [2.24, 2.45) is 0 Å². The molecular weight excluding hydrogens is 332 g/mol. The molecule has 0 amide bonds. The van der Waals surface area contributed by atoms with Gasteiger partial charge in [0.25, 0.3) is 0 Å². The average molecular weight is 358 g/mol. The fourth-order valence-electron chi connectivity index (χ4n) is 4.03. The highest BCUT2D eigenvalue weighted by Crippen LogP contribution is 2.42. The van der Waals surface area contributed by atoms with E-state index in [9.17, 15) is 0 Å². The van der Waals surface area contributed by atoms with E-state index in [1.54, 1.807) is 0 Å². The van der Waals surface area contributed by atoms with Crippen LogP contribution in [0.3, 0.4) is 0 Å². The molecular formula is C25H26O2. The Hall–Kier alpha value is -2.58. The van der Waals surface area contributed by atoms with Gasteiger partial charge in [-0.25, -0.2) is 0 Å². The molecule has 0 radical (unpaired) electrons. The maximum Gasteiger partial charge on any atom is 0.122 e. The molecule has 0 fully saturated rings. The Labute approximate surface area is 161 Å². The smallest absolute Gasteiger partial charge is 0.122 e. The zero-order chi connectivity index (χ0) is 18.6. The monoisotopic (exact) mass is 358 g/mol. The molecule has 0 aliphatic heterocycles. The minimum absolute atomic E-state index is 0.0411. The van der Waals surface area contributed by atoms with Gasteiger partial charge in [0.15, 0.2) is 0 Å². The molecule has 2 heteroatoms. The summed E-state index contributed by atoms with van der Waals surface area (Å²) in [6.07, 6.45) is 4.28. The number of ether oxygens (including phenoxy) is 1. The summed E-state index contributed by atoms with van der Waals surface area (Å²) in [6, 6.07) is 21.8. The van der Waals surface area contributed by atoms with Gasteiger partial charge < -0.3 is 9.84 Å². The van der Waals surface area contributed by atoms with Crippen molar-refractivity contribution in [2.75, 3.05) is 13.2 Å². The molecule has 0 saturated heterocycles. The first-order chi connectivity index (χ1) is 13.3. The molecule has 4 rings (SSSR count). The van der Waals surface area contributed by atoms with E-state index in [1.807, 2.05) is 0 Å². The molecule has 1 aliphatic carbocycles. The van der Waals surface area contributed by atoms with Crippen LogP contribution in [-0.2, 0) is 12.8 Å². The van der Waals surface area contributed by atoms with Gasteiger partial charge in [0.2, 0.25) is 0 Å². The van der Waals surface area contributed by atoms with Gasteiger partial charge in [-0.2, -0.15) is 0 Å². The first-order valence-corrected chi connectivity index (χ1v) is 9.89. The van der Waals surface area contributed by atoms with E-state index >= 15 is 0 Å². The highest BCUT2D eigenvalue weighted by atomic mass is 16.5. The van der Waals surface area contributed by atoms with E-state index in [-0.39, 0.29) is 6.61 Å². The van der Waals surface area contributed by atoms with Crippen LogP contribution >= 0.6 is 0 Å². The molecule has 0 unspecified atom stereocenters. The van der Waals surface area contributed by atoms with E-state index in [0.29, 0.717) is 6.61 Å². The maximum atomic E-state index is 9.09. The Morgan fingerprint density at radius 1 is 0.926 bits per heavy atom. The number of aliphatic hydroxyl groups excluding tert-OH is 1. The highest BCUT2D eigenvalue weighted by Gasteiger charge is 2.21. The van der Waals surface area contributed by atoms with Crippen molar-refractivity contribution in [1.82, 2.24) is 0 Å². The predicted octanol–water partition coefficient (Wildman–Crippen LogP) is 5.64. The number of hydrogen-bond acceptors (Lipinski definition) is 2. The maximum absolute atomic E-state index is 9.09. The van der Waals surface area contributed by atoms with E-state index in [4.69, 9.17) is 9.84 Å². The summed E-state index contributed by atoms with van der Waals surface area (Å²) in [5, 5.41) is 9.09. The van der Waals surface area contributed by atoms with Crippen LogP contribution in [0.4, 0.5) is 0 Å². The second kappa shape index (κ2) is 7.98. The van der Waals surface area contributed by atoms with Crippen LogP contribution in [-0.4, -0.2) is 18.3 Å². The topological polar surface area (TPSA) is 29.5 Å². The van der Waals surface area contributed by atoms with Crippen molar-refractivity contribution in [3.63, 3.8) is 0 Å². The summed E-state index contributed by atoms with van der Waals surface area (Å²) >= 11 is 0. The summed E-state index contributed by atoms with van der Waals surface area (Å²) in [4.78, 5) is 0. The number of fused-ring (bicyclic) bond motifs is 3. The van der Waals surface area contributed by atoms with Crippen molar-refractivity contribution in [3.05, 3.63) is 77.4 Å².